The van der Waals surface area contributed by atoms with Gasteiger partial charge in [0.1, 0.15) is 11.6 Å². The molecule has 1 saturated carbocycles. The van der Waals surface area contributed by atoms with Crippen molar-refractivity contribution in [2.24, 2.45) is 5.92 Å². The van der Waals surface area contributed by atoms with Gasteiger partial charge in [-0.05, 0) is 38.0 Å². The van der Waals surface area contributed by atoms with Crippen molar-refractivity contribution < 1.29 is 9.59 Å². The lowest BCUT2D eigenvalue weighted by atomic mass is 9.84. The Kier molecular flexibility index (Phi) is 5.28. The molecule has 2 fully saturated rings. The lowest BCUT2D eigenvalue weighted by molar-refractivity contribution is -0.156. The van der Waals surface area contributed by atoms with Gasteiger partial charge in [0.2, 0.25) is 11.8 Å². The first kappa shape index (κ1) is 16.3. The Bertz CT molecular complexity index is 384. The minimum absolute atomic E-state index is 0.0385. The minimum atomic E-state index is -0.669. The van der Waals surface area contributed by atoms with Gasteiger partial charge in [0, 0.05) is 6.54 Å². The second kappa shape index (κ2) is 6.80. The lowest BCUT2D eigenvalue weighted by Crippen LogP contribution is -2.70. The third-order valence-electron chi connectivity index (χ3n) is 5.49. The van der Waals surface area contributed by atoms with Crippen LogP contribution in [-0.2, 0) is 9.59 Å². The Morgan fingerprint density at radius 3 is 2.24 bits per heavy atom. The highest BCUT2D eigenvalue weighted by Gasteiger charge is 2.48. The fraction of sp³-hybridized carbons (Fsp3) is 0.882. The Hall–Kier alpha value is -1.06. The molecule has 21 heavy (non-hydrogen) atoms. The van der Waals surface area contributed by atoms with E-state index in [0.717, 1.165) is 6.54 Å². The van der Waals surface area contributed by atoms with E-state index in [0.29, 0.717) is 25.2 Å². The molecule has 2 rings (SSSR count). The summed E-state index contributed by atoms with van der Waals surface area (Å²) in [4.78, 5) is 27.4. The van der Waals surface area contributed by atoms with Crippen molar-refractivity contribution in [3.63, 3.8) is 0 Å². The molecule has 1 N–H and O–H groups in total. The van der Waals surface area contributed by atoms with Crippen molar-refractivity contribution >= 4 is 11.8 Å². The zero-order valence-electron chi connectivity index (χ0n) is 13.8. The van der Waals surface area contributed by atoms with Crippen molar-refractivity contribution in [2.75, 3.05) is 6.54 Å². The SMILES string of the molecule is CCC1C(=O)NC(CC)(CC)C(=O)N1CC1CCCCC1. The summed E-state index contributed by atoms with van der Waals surface area (Å²) in [5.41, 5.74) is -0.669. The van der Waals surface area contributed by atoms with Gasteiger partial charge < -0.3 is 10.2 Å². The maximum atomic E-state index is 13.0. The monoisotopic (exact) mass is 294 g/mol. The zero-order valence-corrected chi connectivity index (χ0v) is 13.8. The van der Waals surface area contributed by atoms with Crippen LogP contribution in [0.2, 0.25) is 0 Å². The standard InChI is InChI=1S/C17H30N2O2/c1-4-14-15(20)18-17(5-2,6-3)16(21)19(14)12-13-10-8-7-9-11-13/h13-14H,4-12H2,1-3H3,(H,18,20). The number of carbonyl (C=O) groups excluding carboxylic acids is 2. The molecule has 0 spiro atoms. The molecule has 0 radical (unpaired) electrons. The van der Waals surface area contributed by atoms with Gasteiger partial charge in [-0.2, -0.15) is 0 Å². The fourth-order valence-electron chi connectivity index (χ4n) is 3.92. The summed E-state index contributed by atoms with van der Waals surface area (Å²) in [5, 5.41) is 3.02. The van der Waals surface area contributed by atoms with E-state index in [4.69, 9.17) is 0 Å². The minimum Gasteiger partial charge on any atom is -0.340 e. The molecular formula is C17H30N2O2. The van der Waals surface area contributed by atoms with Crippen LogP contribution in [0, 0.1) is 5.92 Å². The largest absolute Gasteiger partial charge is 0.340 e. The van der Waals surface area contributed by atoms with Crippen LogP contribution in [0.25, 0.3) is 0 Å². The number of amides is 2. The van der Waals surface area contributed by atoms with E-state index in [1.807, 2.05) is 25.7 Å². The average Bonchev–Trinajstić information content (AvgIpc) is 2.52. The maximum Gasteiger partial charge on any atom is 0.248 e. The molecule has 0 aromatic carbocycles. The first-order valence-corrected chi connectivity index (χ1v) is 8.71. The molecule has 1 unspecified atom stereocenters. The summed E-state index contributed by atoms with van der Waals surface area (Å²) in [7, 11) is 0. The van der Waals surface area contributed by atoms with E-state index in [9.17, 15) is 9.59 Å². The molecule has 1 aliphatic heterocycles. The van der Waals surface area contributed by atoms with Gasteiger partial charge in [-0.3, -0.25) is 9.59 Å². The molecule has 0 aromatic heterocycles. The molecule has 1 atom stereocenters. The first-order valence-electron chi connectivity index (χ1n) is 8.71. The Morgan fingerprint density at radius 2 is 1.71 bits per heavy atom. The van der Waals surface area contributed by atoms with E-state index >= 15 is 0 Å². The molecule has 1 aliphatic carbocycles. The van der Waals surface area contributed by atoms with Crippen LogP contribution < -0.4 is 5.32 Å². The van der Waals surface area contributed by atoms with E-state index < -0.39 is 5.54 Å². The molecule has 1 saturated heterocycles. The van der Waals surface area contributed by atoms with Crippen LogP contribution in [0.4, 0.5) is 0 Å². The topological polar surface area (TPSA) is 49.4 Å². The van der Waals surface area contributed by atoms with Gasteiger partial charge in [0.25, 0.3) is 0 Å². The highest BCUT2D eigenvalue weighted by Crippen LogP contribution is 2.30. The quantitative estimate of drug-likeness (QED) is 0.847. The average molecular weight is 294 g/mol. The number of nitrogens with one attached hydrogen (secondary N) is 1. The third-order valence-corrected chi connectivity index (χ3v) is 5.49. The predicted molar refractivity (Wildman–Crippen MR) is 83.8 cm³/mol. The van der Waals surface area contributed by atoms with E-state index in [-0.39, 0.29) is 17.9 Å². The number of hydrogen-bond donors (Lipinski definition) is 1. The molecule has 4 nitrogen and oxygen atoms in total. The van der Waals surface area contributed by atoms with Crippen LogP contribution in [0.5, 0.6) is 0 Å². The van der Waals surface area contributed by atoms with Crippen molar-refractivity contribution in [3.05, 3.63) is 0 Å². The first-order chi connectivity index (χ1) is 10.1. The zero-order chi connectivity index (χ0) is 15.5. The third kappa shape index (κ3) is 3.09. The highest BCUT2D eigenvalue weighted by atomic mass is 16.2. The van der Waals surface area contributed by atoms with Gasteiger partial charge in [0.15, 0.2) is 0 Å². The lowest BCUT2D eigenvalue weighted by Gasteiger charge is -2.46. The van der Waals surface area contributed by atoms with E-state index in [1.54, 1.807) is 0 Å². The molecule has 1 heterocycles. The van der Waals surface area contributed by atoms with Crippen LogP contribution in [-0.4, -0.2) is 34.8 Å². The summed E-state index contributed by atoms with van der Waals surface area (Å²) in [6.07, 6.45) is 8.30. The number of carbonyl (C=O) groups is 2. The van der Waals surface area contributed by atoms with Crippen molar-refractivity contribution in [1.29, 1.82) is 0 Å². The van der Waals surface area contributed by atoms with Crippen LogP contribution in [0.15, 0.2) is 0 Å². The number of piperazine rings is 1. The van der Waals surface area contributed by atoms with E-state index in [1.165, 1.54) is 32.1 Å². The maximum absolute atomic E-state index is 13.0. The Labute approximate surface area is 128 Å². The Morgan fingerprint density at radius 1 is 1.10 bits per heavy atom. The predicted octanol–water partition coefficient (Wildman–Crippen LogP) is 2.86. The number of nitrogens with zero attached hydrogens (tertiary/aromatic N) is 1. The van der Waals surface area contributed by atoms with Crippen LogP contribution in [0.1, 0.15) is 72.1 Å². The van der Waals surface area contributed by atoms with Gasteiger partial charge in [0.05, 0.1) is 0 Å². The molecule has 120 valence electrons. The summed E-state index contributed by atoms with van der Waals surface area (Å²) in [6, 6.07) is -0.273. The second-order valence-electron chi connectivity index (χ2n) is 6.66. The molecule has 0 aromatic rings. The molecule has 4 heteroatoms. The smallest absolute Gasteiger partial charge is 0.248 e. The molecule has 0 bridgehead atoms. The molecule has 2 aliphatic rings. The fourth-order valence-corrected chi connectivity index (χ4v) is 3.92. The van der Waals surface area contributed by atoms with Gasteiger partial charge in [-0.15, -0.1) is 0 Å². The number of rotatable bonds is 5. The summed E-state index contributed by atoms with van der Waals surface area (Å²) >= 11 is 0. The highest BCUT2D eigenvalue weighted by molar-refractivity contribution is 5.99. The normalized spacial score (nSPS) is 26.8. The Balaban J connectivity index is 2.19. The van der Waals surface area contributed by atoms with Crippen molar-refractivity contribution in [1.82, 2.24) is 10.2 Å². The van der Waals surface area contributed by atoms with E-state index in [2.05, 4.69) is 5.32 Å². The van der Waals surface area contributed by atoms with Crippen LogP contribution >= 0.6 is 0 Å². The molecule has 2 amide bonds. The van der Waals surface area contributed by atoms with Crippen molar-refractivity contribution in [2.45, 2.75) is 83.7 Å². The van der Waals surface area contributed by atoms with Gasteiger partial charge in [-0.1, -0.05) is 40.0 Å². The summed E-state index contributed by atoms with van der Waals surface area (Å²) < 4.78 is 0. The summed E-state index contributed by atoms with van der Waals surface area (Å²) in [6.45, 7) is 6.75. The molecular weight excluding hydrogens is 264 g/mol. The van der Waals surface area contributed by atoms with Crippen LogP contribution in [0.3, 0.4) is 0 Å². The van der Waals surface area contributed by atoms with Crippen molar-refractivity contribution in [3.8, 4) is 0 Å². The van der Waals surface area contributed by atoms with Gasteiger partial charge >= 0.3 is 0 Å². The number of hydrogen-bond acceptors (Lipinski definition) is 2. The van der Waals surface area contributed by atoms with Gasteiger partial charge in [-0.25, -0.2) is 0 Å². The summed E-state index contributed by atoms with van der Waals surface area (Å²) in [5.74, 6) is 0.759. The second-order valence-corrected chi connectivity index (χ2v) is 6.66.